The molecule has 5 heterocycles. The van der Waals surface area contributed by atoms with Gasteiger partial charge in [0, 0.05) is 30.9 Å². The van der Waals surface area contributed by atoms with Crippen LogP contribution in [0.3, 0.4) is 0 Å². The first-order valence-electron chi connectivity index (χ1n) is 23.0. The molecule has 0 unspecified atom stereocenters. The number of nitrogens with zero attached hydrogens (tertiary/aromatic N) is 4. The van der Waals surface area contributed by atoms with E-state index in [2.05, 4.69) is 89.0 Å². The average Bonchev–Trinajstić information content (AvgIpc) is 4.11. The van der Waals surface area contributed by atoms with Crippen molar-refractivity contribution in [1.82, 2.24) is 40.4 Å². The van der Waals surface area contributed by atoms with Crippen molar-refractivity contribution in [1.29, 1.82) is 0 Å². The first-order valence-corrected chi connectivity index (χ1v) is 23.4. The number of alkyl carbamates (subject to hydrolysis) is 2. The van der Waals surface area contributed by atoms with Crippen LogP contribution >= 0.6 is 11.6 Å². The molecule has 0 radical (unpaired) electrons. The number of ether oxygens (including phenoxy) is 3. The maximum Gasteiger partial charge on any atom is 0.407 e. The van der Waals surface area contributed by atoms with Gasteiger partial charge in [0.25, 0.3) is 0 Å². The second-order valence-electron chi connectivity index (χ2n) is 18.7. The second kappa shape index (κ2) is 19.5. The lowest BCUT2D eigenvalue weighted by atomic mass is 9.90. The number of aromatic amines is 2. The molecule has 3 aromatic carbocycles. The molecule has 3 fully saturated rings. The largest absolute Gasteiger partial charge is 0.453 e. The van der Waals surface area contributed by atoms with Crippen LogP contribution in [0.4, 0.5) is 9.59 Å². The van der Waals surface area contributed by atoms with Gasteiger partial charge in [-0.2, -0.15) is 0 Å². The molecular formula is C50H61ClN8O7. The molecule has 0 aliphatic carbocycles. The molecule has 5 aromatic rings. The van der Waals surface area contributed by atoms with Gasteiger partial charge < -0.3 is 44.6 Å². The van der Waals surface area contributed by atoms with Crippen LogP contribution in [0.15, 0.2) is 66.9 Å². The number of hydrogen-bond donors (Lipinski definition) is 4. The van der Waals surface area contributed by atoms with E-state index in [0.29, 0.717) is 55.0 Å². The second-order valence-corrected chi connectivity index (χ2v) is 19.0. The van der Waals surface area contributed by atoms with E-state index in [-0.39, 0.29) is 59.7 Å². The topological polar surface area (TPSA) is 184 Å². The molecule has 8 rings (SSSR count). The summed E-state index contributed by atoms with van der Waals surface area (Å²) in [5.41, 5.74) is 5.38. The zero-order valence-corrected chi connectivity index (χ0v) is 39.6. The summed E-state index contributed by atoms with van der Waals surface area (Å²) < 4.78 is 15.3. The van der Waals surface area contributed by atoms with E-state index in [4.69, 9.17) is 35.8 Å². The number of nitrogens with one attached hydrogen (secondary N) is 4. The van der Waals surface area contributed by atoms with Gasteiger partial charge in [0.2, 0.25) is 11.8 Å². The Kier molecular flexibility index (Phi) is 13.8. The quantitative estimate of drug-likeness (QED) is 0.100. The summed E-state index contributed by atoms with van der Waals surface area (Å²) in [4.78, 5) is 73.3. The molecule has 0 saturated carbocycles. The first-order chi connectivity index (χ1) is 31.7. The monoisotopic (exact) mass is 920 g/mol. The van der Waals surface area contributed by atoms with Crippen molar-refractivity contribution in [2.75, 3.05) is 27.4 Å². The number of methoxy groups -OCH3 is 2. The fourth-order valence-corrected chi connectivity index (χ4v) is 10.3. The molecule has 8 atom stereocenters. The van der Waals surface area contributed by atoms with E-state index in [9.17, 15) is 19.2 Å². The van der Waals surface area contributed by atoms with Crippen LogP contribution in [0.2, 0.25) is 5.15 Å². The molecule has 0 bridgehead atoms. The third kappa shape index (κ3) is 9.24. The van der Waals surface area contributed by atoms with Crippen LogP contribution in [-0.2, 0) is 23.8 Å². The van der Waals surface area contributed by atoms with Crippen molar-refractivity contribution in [3.05, 3.63) is 83.7 Å². The van der Waals surface area contributed by atoms with Crippen LogP contribution in [0.1, 0.15) is 91.0 Å². The summed E-state index contributed by atoms with van der Waals surface area (Å²) in [5, 5.41) is 8.05. The minimum absolute atomic E-state index is 0.0407. The summed E-state index contributed by atoms with van der Waals surface area (Å²) in [6.07, 6.45) is 3.31. The molecule has 3 aliphatic heterocycles. The predicted octanol–water partition coefficient (Wildman–Crippen LogP) is 9.07. The number of rotatable bonds is 11. The average molecular weight is 922 g/mol. The van der Waals surface area contributed by atoms with Crippen molar-refractivity contribution in [2.24, 2.45) is 23.7 Å². The third-order valence-corrected chi connectivity index (χ3v) is 14.6. The van der Waals surface area contributed by atoms with Crippen LogP contribution in [0.5, 0.6) is 0 Å². The predicted molar refractivity (Wildman–Crippen MR) is 252 cm³/mol. The Labute approximate surface area is 390 Å². The first kappa shape index (κ1) is 46.6. The molecule has 16 heteroatoms. The highest BCUT2D eigenvalue weighted by Crippen LogP contribution is 2.43. The number of imidazole rings is 2. The Morgan fingerprint density at radius 1 is 0.727 bits per heavy atom. The number of amides is 4. The van der Waals surface area contributed by atoms with E-state index in [0.717, 1.165) is 45.1 Å². The van der Waals surface area contributed by atoms with Crippen LogP contribution in [-0.4, -0.2) is 105 Å². The molecule has 2 aromatic heterocycles. The van der Waals surface area contributed by atoms with Gasteiger partial charge in [-0.1, -0.05) is 87.8 Å². The fraction of sp³-hybridized carbons (Fsp3) is 0.480. The lowest BCUT2D eigenvalue weighted by Gasteiger charge is -2.36. The van der Waals surface area contributed by atoms with Crippen LogP contribution in [0, 0.1) is 23.7 Å². The van der Waals surface area contributed by atoms with Gasteiger partial charge in [-0.25, -0.2) is 19.6 Å². The van der Waals surface area contributed by atoms with Gasteiger partial charge in [-0.3, -0.25) is 9.59 Å². The van der Waals surface area contributed by atoms with E-state index in [1.165, 1.54) is 14.2 Å². The minimum atomic E-state index is -0.751. The summed E-state index contributed by atoms with van der Waals surface area (Å²) in [7, 11) is 2.60. The number of hydrogen-bond acceptors (Lipinski definition) is 9. The molecule has 66 heavy (non-hydrogen) atoms. The fourth-order valence-electron chi connectivity index (χ4n) is 10.1. The van der Waals surface area contributed by atoms with Crippen molar-refractivity contribution in [3.63, 3.8) is 0 Å². The van der Waals surface area contributed by atoms with Crippen molar-refractivity contribution in [2.45, 2.75) is 103 Å². The maximum atomic E-state index is 14.4. The van der Waals surface area contributed by atoms with E-state index in [1.54, 1.807) is 0 Å². The molecule has 4 amide bonds. The zero-order chi connectivity index (χ0) is 47.0. The summed E-state index contributed by atoms with van der Waals surface area (Å²) >= 11 is 6.90. The lowest BCUT2D eigenvalue weighted by molar-refractivity contribution is -0.139. The Hall–Kier alpha value is -5.93. The minimum Gasteiger partial charge on any atom is -0.453 e. The third-order valence-electron chi connectivity index (χ3n) is 14.3. The smallest absolute Gasteiger partial charge is 0.407 e. The Bertz CT molecular complexity index is 2570. The normalized spacial score (nSPS) is 23.2. The molecule has 350 valence electrons. The number of aromatic nitrogens is 4. The maximum absolute atomic E-state index is 14.4. The van der Waals surface area contributed by atoms with Gasteiger partial charge in [0.1, 0.15) is 34.6 Å². The SMILES string of the molecule is COC(=O)N[C@H](C(=O)N1[C@H](C)[C@H](C)C[C@H]1c1ncc(-c2ccc(-c3ccc4cc(-c5nc([C@@H]6C[C@@H](C)[C@@H](C)N6C(=O)[C@@H](NC(=O)OC)C6CCOCC6)[nH]c5Cl)ccc4c3)cc2)[nH]1)C(C)C. The van der Waals surface area contributed by atoms with Crippen molar-refractivity contribution in [3.8, 4) is 33.6 Å². The van der Waals surface area contributed by atoms with Crippen molar-refractivity contribution >= 4 is 46.4 Å². The summed E-state index contributed by atoms with van der Waals surface area (Å²) in [6, 6.07) is 18.6. The number of halogens is 1. The van der Waals surface area contributed by atoms with Gasteiger partial charge >= 0.3 is 12.2 Å². The number of H-pyrrole nitrogens is 2. The number of likely N-dealkylation sites (tertiary alicyclic amines) is 2. The lowest BCUT2D eigenvalue weighted by Crippen LogP contribution is -2.54. The zero-order valence-electron chi connectivity index (χ0n) is 38.9. The number of carbonyl (C=O) groups excluding carboxylic acids is 4. The molecule has 0 spiro atoms. The number of carbonyl (C=O) groups is 4. The Morgan fingerprint density at radius 3 is 1.89 bits per heavy atom. The molecular weight excluding hydrogens is 860 g/mol. The number of fused-ring (bicyclic) bond motifs is 1. The van der Waals surface area contributed by atoms with E-state index >= 15 is 0 Å². The van der Waals surface area contributed by atoms with Crippen molar-refractivity contribution < 1.29 is 33.4 Å². The molecule has 3 aliphatic rings. The molecule has 4 N–H and O–H groups in total. The van der Waals surface area contributed by atoms with Gasteiger partial charge in [-0.05, 0) is 103 Å². The number of benzene rings is 3. The van der Waals surface area contributed by atoms with Gasteiger partial charge in [-0.15, -0.1) is 0 Å². The molecule has 3 saturated heterocycles. The summed E-state index contributed by atoms with van der Waals surface area (Å²) in [5.74, 6) is 1.23. The standard InChI is InChI=1S/C50H61ClN8O7/c1-26(2)41(55-49(62)64-7)47(60)58-29(5)27(3)21-39(58)45-52-25-38(53-45)32-11-9-31(10-12-32)34-13-14-36-24-37(16-15-35(36)23-34)42-44(51)57-46(54-42)40-22-28(4)30(6)59(40)48(61)43(56-50(63)65-8)33-17-19-66-20-18-33/h9-16,23-30,33,39-41,43H,17-22H2,1-8H3,(H,52,53)(H,54,57)(H,55,62)(H,56,63)/t27-,28-,29-,30-,39+,40+,41+,43+/m1/s1. The van der Waals surface area contributed by atoms with Crippen LogP contribution in [0.25, 0.3) is 44.4 Å². The van der Waals surface area contributed by atoms with Gasteiger partial charge in [0.15, 0.2) is 0 Å². The van der Waals surface area contributed by atoms with E-state index < -0.39 is 24.3 Å². The molecule has 15 nitrogen and oxygen atoms in total. The summed E-state index contributed by atoms with van der Waals surface area (Å²) in [6.45, 7) is 13.2. The van der Waals surface area contributed by atoms with Gasteiger partial charge in [0.05, 0.1) is 38.2 Å². The highest BCUT2D eigenvalue weighted by Gasteiger charge is 2.47. The Morgan fingerprint density at radius 2 is 1.27 bits per heavy atom. The Balaban J connectivity index is 0.981. The van der Waals surface area contributed by atoms with Crippen LogP contribution < -0.4 is 10.6 Å². The highest BCUT2D eigenvalue weighted by atomic mass is 35.5. The van der Waals surface area contributed by atoms with E-state index in [1.807, 2.05) is 49.8 Å². The highest BCUT2D eigenvalue weighted by molar-refractivity contribution is 6.32.